The molecule has 0 spiro atoms. The fraction of sp³-hybridized carbons (Fsp3) is 0.182. The number of aromatic hydroxyl groups is 1. The normalized spacial score (nSPS) is 14.8. The van der Waals surface area contributed by atoms with Crippen LogP contribution in [0, 0.1) is 11.3 Å². The van der Waals surface area contributed by atoms with Gasteiger partial charge in [0.25, 0.3) is 11.5 Å². The minimum atomic E-state index is -4.57. The van der Waals surface area contributed by atoms with E-state index in [4.69, 9.17) is 4.74 Å². The molecule has 1 atom stereocenters. The van der Waals surface area contributed by atoms with Gasteiger partial charge in [-0.05, 0) is 23.8 Å². The number of hydrogen-bond donors (Lipinski definition) is 2. The summed E-state index contributed by atoms with van der Waals surface area (Å²) in [6.07, 6.45) is -4.57. The minimum Gasteiger partial charge on any atom is -0.548 e. The number of aliphatic carboxylic acids is 1. The number of benzene rings is 2. The van der Waals surface area contributed by atoms with Crippen LogP contribution in [0.1, 0.15) is 33.1 Å². The van der Waals surface area contributed by atoms with Crippen LogP contribution >= 0.6 is 0 Å². The standard InChI is InChI=1S/C22H14F3N3O6/c23-22(24,25)12-3-1-11(2-4-12)14-9-34-15-6-10(7-26)5-13-18(15)28(14)21(33)17(19(13)31)20(32)27-8-16(29)30/h1-6,14,31H,8-9H2,(H,27,32)(H,29,30)/p-1. The van der Waals surface area contributed by atoms with E-state index in [0.717, 1.165) is 28.8 Å². The lowest BCUT2D eigenvalue weighted by molar-refractivity contribution is -0.303. The summed E-state index contributed by atoms with van der Waals surface area (Å²) in [6.45, 7) is -1.17. The van der Waals surface area contributed by atoms with Crippen LogP contribution in [0.5, 0.6) is 11.5 Å². The van der Waals surface area contributed by atoms with Crippen molar-refractivity contribution in [1.82, 2.24) is 9.88 Å². The monoisotopic (exact) mass is 472 g/mol. The van der Waals surface area contributed by atoms with Gasteiger partial charge in [0, 0.05) is 11.5 Å². The number of rotatable bonds is 4. The van der Waals surface area contributed by atoms with Crippen molar-refractivity contribution in [2.45, 2.75) is 12.2 Å². The molecular formula is C22H13F3N3O6-. The van der Waals surface area contributed by atoms with E-state index in [9.17, 15) is 43.0 Å². The van der Waals surface area contributed by atoms with Gasteiger partial charge in [0.05, 0.1) is 41.3 Å². The van der Waals surface area contributed by atoms with Crippen LogP contribution in [0.25, 0.3) is 10.9 Å². The van der Waals surface area contributed by atoms with Gasteiger partial charge in [-0.15, -0.1) is 0 Å². The molecule has 2 aromatic carbocycles. The number of carboxylic acids is 1. The number of nitrogens with one attached hydrogen (secondary N) is 1. The Labute approximate surface area is 188 Å². The SMILES string of the molecule is N#Cc1cc2c3c(c1)c(O)c(C(=O)NCC(=O)[O-])c(=O)n3C(c1ccc(C(F)(F)F)cc1)CO2. The molecule has 2 N–H and O–H groups in total. The number of carbonyl (C=O) groups excluding carboxylic acids is 2. The summed E-state index contributed by atoms with van der Waals surface area (Å²) in [6, 6.07) is 7.37. The Morgan fingerprint density at radius 1 is 1.26 bits per heavy atom. The predicted molar refractivity (Wildman–Crippen MR) is 107 cm³/mol. The summed E-state index contributed by atoms with van der Waals surface area (Å²) in [5, 5.41) is 32.5. The first-order chi connectivity index (χ1) is 16.0. The maximum Gasteiger partial charge on any atom is 0.416 e. The lowest BCUT2D eigenvalue weighted by atomic mass is 9.99. The van der Waals surface area contributed by atoms with E-state index in [1.54, 1.807) is 0 Å². The average Bonchev–Trinajstić information content (AvgIpc) is 2.80. The Bertz CT molecular complexity index is 1440. The molecule has 0 fully saturated rings. The number of alkyl halides is 3. The molecule has 2 heterocycles. The van der Waals surface area contributed by atoms with Crippen molar-refractivity contribution < 1.29 is 37.7 Å². The van der Waals surface area contributed by atoms with Gasteiger partial charge >= 0.3 is 6.18 Å². The number of aromatic nitrogens is 1. The predicted octanol–water partition coefficient (Wildman–Crippen LogP) is 1.06. The number of amides is 1. The fourth-order valence-corrected chi connectivity index (χ4v) is 3.80. The number of carboxylic acid groups (broad SMARTS) is 1. The number of halogens is 3. The molecule has 12 heteroatoms. The Morgan fingerprint density at radius 2 is 1.94 bits per heavy atom. The largest absolute Gasteiger partial charge is 0.548 e. The zero-order valence-electron chi connectivity index (χ0n) is 17.0. The molecule has 3 aromatic rings. The molecular weight excluding hydrogens is 459 g/mol. The maximum atomic E-state index is 13.3. The second-order valence-corrected chi connectivity index (χ2v) is 7.38. The summed E-state index contributed by atoms with van der Waals surface area (Å²) in [5.41, 5.74) is -2.42. The van der Waals surface area contributed by atoms with E-state index in [2.05, 4.69) is 0 Å². The van der Waals surface area contributed by atoms with E-state index in [1.807, 2.05) is 11.4 Å². The number of ether oxygens (including phenoxy) is 1. The van der Waals surface area contributed by atoms with Gasteiger partial charge in [-0.3, -0.25) is 14.2 Å². The molecule has 34 heavy (non-hydrogen) atoms. The molecule has 1 unspecified atom stereocenters. The van der Waals surface area contributed by atoms with Gasteiger partial charge in [0.2, 0.25) is 0 Å². The highest BCUT2D eigenvalue weighted by atomic mass is 19.4. The highest BCUT2D eigenvalue weighted by Gasteiger charge is 2.33. The summed E-state index contributed by atoms with van der Waals surface area (Å²) in [4.78, 5) is 36.6. The zero-order chi connectivity index (χ0) is 24.8. The minimum absolute atomic E-state index is 0.0223. The first-order valence-corrected chi connectivity index (χ1v) is 9.66. The Morgan fingerprint density at radius 3 is 2.53 bits per heavy atom. The summed E-state index contributed by atoms with van der Waals surface area (Å²) in [5.74, 6) is -3.60. The van der Waals surface area contributed by atoms with Crippen molar-refractivity contribution in [1.29, 1.82) is 5.26 Å². The molecule has 1 aliphatic heterocycles. The smallest absolute Gasteiger partial charge is 0.416 e. The molecule has 0 aliphatic carbocycles. The Balaban J connectivity index is 1.97. The van der Waals surface area contributed by atoms with Crippen molar-refractivity contribution in [3.63, 3.8) is 0 Å². The van der Waals surface area contributed by atoms with Crippen LogP contribution in [-0.4, -0.2) is 34.7 Å². The second kappa shape index (κ2) is 8.11. The lowest BCUT2D eigenvalue weighted by Crippen LogP contribution is -2.42. The second-order valence-electron chi connectivity index (χ2n) is 7.38. The highest BCUT2D eigenvalue weighted by Crippen LogP contribution is 2.40. The van der Waals surface area contributed by atoms with Crippen molar-refractivity contribution >= 4 is 22.8 Å². The third-order valence-corrected chi connectivity index (χ3v) is 5.32. The number of carbonyl (C=O) groups is 2. The van der Waals surface area contributed by atoms with Crippen molar-refractivity contribution in [3.05, 3.63) is 69.0 Å². The maximum absolute atomic E-state index is 13.3. The molecule has 1 amide bonds. The average molecular weight is 472 g/mol. The summed E-state index contributed by atoms with van der Waals surface area (Å²) in [7, 11) is 0. The van der Waals surface area contributed by atoms with Crippen molar-refractivity contribution in [3.8, 4) is 17.6 Å². The Hall–Kier alpha value is -4.53. The molecule has 0 saturated heterocycles. The molecule has 0 bridgehead atoms. The van der Waals surface area contributed by atoms with E-state index >= 15 is 0 Å². The topological polar surface area (TPSA) is 144 Å². The van der Waals surface area contributed by atoms with Crippen LogP contribution in [0.4, 0.5) is 13.2 Å². The van der Waals surface area contributed by atoms with Crippen LogP contribution in [-0.2, 0) is 11.0 Å². The first-order valence-electron chi connectivity index (χ1n) is 9.66. The molecule has 1 aliphatic rings. The van der Waals surface area contributed by atoms with E-state index in [1.165, 1.54) is 12.1 Å². The van der Waals surface area contributed by atoms with Crippen LogP contribution in [0.2, 0.25) is 0 Å². The van der Waals surface area contributed by atoms with Gasteiger partial charge in [-0.25, -0.2) is 0 Å². The van der Waals surface area contributed by atoms with E-state index < -0.39 is 53.1 Å². The Kier molecular flexibility index (Phi) is 5.40. The molecule has 0 radical (unpaired) electrons. The fourth-order valence-electron chi connectivity index (χ4n) is 3.80. The zero-order valence-corrected chi connectivity index (χ0v) is 17.0. The number of nitriles is 1. The third kappa shape index (κ3) is 3.77. The van der Waals surface area contributed by atoms with Crippen LogP contribution in [0.15, 0.2) is 41.2 Å². The van der Waals surface area contributed by atoms with Gasteiger partial charge in [0.15, 0.2) is 0 Å². The molecule has 0 saturated carbocycles. The van der Waals surface area contributed by atoms with Gasteiger partial charge in [-0.2, -0.15) is 18.4 Å². The quantitative estimate of drug-likeness (QED) is 0.578. The number of nitrogens with zero attached hydrogens (tertiary/aromatic N) is 2. The first kappa shape index (κ1) is 22.7. The van der Waals surface area contributed by atoms with Gasteiger partial charge < -0.3 is 25.1 Å². The molecule has 4 rings (SSSR count). The molecule has 174 valence electrons. The van der Waals surface area contributed by atoms with Crippen molar-refractivity contribution in [2.75, 3.05) is 13.2 Å². The highest BCUT2D eigenvalue weighted by molar-refractivity contribution is 6.04. The van der Waals surface area contributed by atoms with E-state index in [-0.39, 0.29) is 34.4 Å². The van der Waals surface area contributed by atoms with Gasteiger partial charge in [0.1, 0.15) is 23.7 Å². The van der Waals surface area contributed by atoms with Crippen LogP contribution in [0.3, 0.4) is 0 Å². The van der Waals surface area contributed by atoms with Crippen LogP contribution < -0.4 is 20.7 Å². The summed E-state index contributed by atoms with van der Waals surface area (Å²) < 4.78 is 45.6. The molecule has 1 aromatic heterocycles. The summed E-state index contributed by atoms with van der Waals surface area (Å²) >= 11 is 0. The van der Waals surface area contributed by atoms with Gasteiger partial charge in [-0.1, -0.05) is 12.1 Å². The lowest BCUT2D eigenvalue weighted by Gasteiger charge is -2.30. The molecule has 9 nitrogen and oxygen atoms in total. The van der Waals surface area contributed by atoms with Crippen molar-refractivity contribution in [2.24, 2.45) is 0 Å². The number of hydrogen-bond acceptors (Lipinski definition) is 7. The van der Waals surface area contributed by atoms with E-state index in [0.29, 0.717) is 0 Å². The number of pyridine rings is 1. The third-order valence-electron chi connectivity index (χ3n) is 5.32.